The van der Waals surface area contributed by atoms with Gasteiger partial charge in [0.2, 0.25) is 5.91 Å². The van der Waals surface area contributed by atoms with Crippen molar-refractivity contribution in [2.24, 2.45) is 0 Å². The van der Waals surface area contributed by atoms with Gasteiger partial charge in [0.1, 0.15) is 0 Å². The monoisotopic (exact) mass is 309 g/mol. The highest BCUT2D eigenvalue weighted by atomic mass is 16.2. The van der Waals surface area contributed by atoms with E-state index in [9.17, 15) is 9.59 Å². The van der Waals surface area contributed by atoms with Gasteiger partial charge in [-0.25, -0.2) is 4.79 Å². The highest BCUT2D eigenvalue weighted by Crippen LogP contribution is 2.31. The van der Waals surface area contributed by atoms with Gasteiger partial charge in [0.05, 0.1) is 6.54 Å². The van der Waals surface area contributed by atoms with Crippen LogP contribution in [0, 0.1) is 0 Å². The molecule has 5 heteroatoms. The number of carbonyl (C=O) groups excluding carboxylic acids is 2. The first-order valence-corrected chi connectivity index (χ1v) is 7.65. The third-order valence-corrected chi connectivity index (χ3v) is 3.91. The van der Waals surface area contributed by atoms with Gasteiger partial charge < -0.3 is 15.5 Å². The number of rotatable bonds is 3. The van der Waals surface area contributed by atoms with Crippen molar-refractivity contribution in [2.45, 2.75) is 19.4 Å². The summed E-state index contributed by atoms with van der Waals surface area (Å²) in [6, 6.07) is 16.7. The van der Waals surface area contributed by atoms with Crippen LogP contribution in [0.4, 0.5) is 16.2 Å². The van der Waals surface area contributed by atoms with Gasteiger partial charge in [-0.15, -0.1) is 0 Å². The van der Waals surface area contributed by atoms with E-state index < -0.39 is 0 Å². The van der Waals surface area contributed by atoms with E-state index in [0.29, 0.717) is 5.69 Å². The van der Waals surface area contributed by atoms with Crippen LogP contribution in [-0.2, 0) is 11.2 Å². The number of hydrogen-bond donors (Lipinski definition) is 2. The van der Waals surface area contributed by atoms with E-state index in [1.165, 1.54) is 5.56 Å². The maximum absolute atomic E-state index is 12.5. The molecule has 1 aliphatic heterocycles. The lowest BCUT2D eigenvalue weighted by Crippen LogP contribution is -2.44. The second kappa shape index (κ2) is 6.52. The number of nitrogens with one attached hydrogen (secondary N) is 2. The van der Waals surface area contributed by atoms with E-state index in [1.807, 2.05) is 49.4 Å². The minimum absolute atomic E-state index is 0.0304. The van der Waals surface area contributed by atoms with E-state index in [2.05, 4.69) is 10.6 Å². The molecular formula is C18H19N3O2. The standard InChI is InChI=1S/C18H19N3O2/c1-13-11-14-7-5-6-10-16(14)21(13)17(22)12-19-18(23)20-15-8-3-2-4-9-15/h2-10,13H,11-12H2,1H3,(H2,19,20,23). The van der Waals surface area contributed by atoms with Crippen molar-refractivity contribution in [2.75, 3.05) is 16.8 Å². The lowest BCUT2D eigenvalue weighted by Gasteiger charge is -2.23. The topological polar surface area (TPSA) is 61.4 Å². The lowest BCUT2D eigenvalue weighted by molar-refractivity contribution is -0.117. The van der Waals surface area contributed by atoms with Gasteiger partial charge in [-0.1, -0.05) is 36.4 Å². The summed E-state index contributed by atoms with van der Waals surface area (Å²) < 4.78 is 0. The smallest absolute Gasteiger partial charge is 0.319 e. The largest absolute Gasteiger partial charge is 0.329 e. The van der Waals surface area contributed by atoms with Gasteiger partial charge in [0, 0.05) is 17.4 Å². The molecule has 0 aromatic heterocycles. The zero-order valence-electron chi connectivity index (χ0n) is 13.0. The van der Waals surface area contributed by atoms with Crippen LogP contribution in [0.2, 0.25) is 0 Å². The average molecular weight is 309 g/mol. The van der Waals surface area contributed by atoms with Crippen molar-refractivity contribution >= 4 is 23.3 Å². The fourth-order valence-corrected chi connectivity index (χ4v) is 2.88. The minimum atomic E-state index is -0.385. The summed E-state index contributed by atoms with van der Waals surface area (Å²) >= 11 is 0. The molecular weight excluding hydrogens is 290 g/mol. The summed E-state index contributed by atoms with van der Waals surface area (Å²) in [7, 11) is 0. The summed E-state index contributed by atoms with van der Waals surface area (Å²) in [4.78, 5) is 26.1. The summed E-state index contributed by atoms with van der Waals surface area (Å²) in [6.45, 7) is 1.99. The van der Waals surface area contributed by atoms with Crippen molar-refractivity contribution in [1.29, 1.82) is 0 Å². The van der Waals surface area contributed by atoms with Crippen LogP contribution >= 0.6 is 0 Å². The molecule has 1 aliphatic rings. The molecule has 0 saturated heterocycles. The Hall–Kier alpha value is -2.82. The van der Waals surface area contributed by atoms with Crippen molar-refractivity contribution in [3.8, 4) is 0 Å². The van der Waals surface area contributed by atoms with Crippen molar-refractivity contribution < 1.29 is 9.59 Å². The van der Waals surface area contributed by atoms with Crippen LogP contribution in [0.3, 0.4) is 0 Å². The maximum atomic E-state index is 12.5. The molecule has 3 amide bonds. The molecule has 5 nitrogen and oxygen atoms in total. The van der Waals surface area contributed by atoms with Gasteiger partial charge in [0.25, 0.3) is 0 Å². The predicted molar refractivity (Wildman–Crippen MR) is 90.6 cm³/mol. The van der Waals surface area contributed by atoms with E-state index in [-0.39, 0.29) is 24.5 Å². The van der Waals surface area contributed by atoms with E-state index in [1.54, 1.807) is 17.0 Å². The Kier molecular flexibility index (Phi) is 4.28. The molecule has 2 aromatic rings. The minimum Gasteiger partial charge on any atom is -0.329 e. The molecule has 0 radical (unpaired) electrons. The molecule has 0 aliphatic carbocycles. The summed E-state index contributed by atoms with van der Waals surface area (Å²) in [6.07, 6.45) is 0.845. The molecule has 0 fully saturated rings. The Balaban J connectivity index is 1.58. The van der Waals surface area contributed by atoms with Crippen LogP contribution < -0.4 is 15.5 Å². The first kappa shape index (κ1) is 15.1. The molecule has 2 aromatic carbocycles. The van der Waals surface area contributed by atoms with Gasteiger partial charge in [-0.3, -0.25) is 4.79 Å². The fraction of sp³-hybridized carbons (Fsp3) is 0.222. The summed E-state index contributed by atoms with van der Waals surface area (Å²) in [5.74, 6) is -0.106. The lowest BCUT2D eigenvalue weighted by atomic mass is 10.1. The highest BCUT2D eigenvalue weighted by molar-refractivity contribution is 6.00. The van der Waals surface area contributed by atoms with Crippen molar-refractivity contribution in [3.05, 3.63) is 60.2 Å². The van der Waals surface area contributed by atoms with E-state index in [4.69, 9.17) is 0 Å². The van der Waals surface area contributed by atoms with Gasteiger partial charge in [0.15, 0.2) is 0 Å². The van der Waals surface area contributed by atoms with Crippen LogP contribution in [-0.4, -0.2) is 24.5 Å². The van der Waals surface area contributed by atoms with Gasteiger partial charge in [-0.2, -0.15) is 0 Å². The second-order valence-corrected chi connectivity index (χ2v) is 5.62. The number of fused-ring (bicyclic) bond motifs is 1. The molecule has 1 heterocycles. The molecule has 0 spiro atoms. The SMILES string of the molecule is CC1Cc2ccccc2N1C(=O)CNC(=O)Nc1ccccc1. The molecule has 1 unspecified atom stereocenters. The Morgan fingerprint density at radius 1 is 1.09 bits per heavy atom. The number of carbonyl (C=O) groups is 2. The first-order chi connectivity index (χ1) is 11.1. The van der Waals surface area contributed by atoms with Gasteiger partial charge >= 0.3 is 6.03 Å². The van der Waals surface area contributed by atoms with Crippen molar-refractivity contribution in [3.63, 3.8) is 0 Å². The number of para-hydroxylation sites is 2. The predicted octanol–water partition coefficient (Wildman–Crippen LogP) is 2.79. The first-order valence-electron chi connectivity index (χ1n) is 7.65. The normalized spacial score (nSPS) is 15.9. The zero-order valence-corrected chi connectivity index (χ0v) is 13.0. The molecule has 3 rings (SSSR count). The fourth-order valence-electron chi connectivity index (χ4n) is 2.88. The van der Waals surface area contributed by atoms with Crippen LogP contribution in [0.15, 0.2) is 54.6 Å². The number of hydrogen-bond acceptors (Lipinski definition) is 2. The maximum Gasteiger partial charge on any atom is 0.319 e. The molecule has 2 N–H and O–H groups in total. The average Bonchev–Trinajstić information content (AvgIpc) is 2.89. The number of nitrogens with zero attached hydrogens (tertiary/aromatic N) is 1. The van der Waals surface area contributed by atoms with Gasteiger partial charge in [-0.05, 0) is 37.1 Å². The highest BCUT2D eigenvalue weighted by Gasteiger charge is 2.30. The Bertz CT molecular complexity index is 715. The van der Waals surface area contributed by atoms with E-state index in [0.717, 1.165) is 12.1 Å². The molecule has 1 atom stereocenters. The van der Waals surface area contributed by atoms with Crippen LogP contribution in [0.1, 0.15) is 12.5 Å². The number of amides is 3. The second-order valence-electron chi connectivity index (χ2n) is 5.62. The molecule has 118 valence electrons. The van der Waals surface area contributed by atoms with E-state index >= 15 is 0 Å². The Morgan fingerprint density at radius 3 is 2.57 bits per heavy atom. The molecule has 0 bridgehead atoms. The van der Waals surface area contributed by atoms with Crippen LogP contribution in [0.5, 0.6) is 0 Å². The van der Waals surface area contributed by atoms with Crippen molar-refractivity contribution in [1.82, 2.24) is 5.32 Å². The Morgan fingerprint density at radius 2 is 1.78 bits per heavy atom. The Labute approximate surface area is 135 Å². The third-order valence-electron chi connectivity index (χ3n) is 3.91. The number of urea groups is 1. The zero-order chi connectivity index (χ0) is 16.2. The third kappa shape index (κ3) is 3.34. The molecule has 0 saturated carbocycles. The summed E-state index contributed by atoms with van der Waals surface area (Å²) in [5.41, 5.74) is 2.80. The number of anilines is 2. The molecule has 23 heavy (non-hydrogen) atoms. The number of benzene rings is 2. The van der Waals surface area contributed by atoms with Crippen LogP contribution in [0.25, 0.3) is 0 Å². The summed E-state index contributed by atoms with van der Waals surface area (Å²) in [5, 5.41) is 5.32. The quantitative estimate of drug-likeness (QED) is 0.916.